The molecular weight excluding hydrogens is 374 g/mol. The maximum atomic E-state index is 12.9. The van der Waals surface area contributed by atoms with Gasteiger partial charge in [0, 0.05) is 10.4 Å². The molecule has 144 valence electrons. The summed E-state index contributed by atoms with van der Waals surface area (Å²) in [5.74, 6) is 0.852. The number of carbonyl (C=O) groups is 2. The molecule has 3 aromatic rings. The minimum Gasteiger partial charge on any atom is -0.497 e. The van der Waals surface area contributed by atoms with Crippen molar-refractivity contribution in [1.82, 2.24) is 0 Å². The second kappa shape index (κ2) is 9.19. The molecular formula is C22H21NO4S. The van der Waals surface area contributed by atoms with Crippen molar-refractivity contribution >= 4 is 28.0 Å². The third-order valence-electron chi connectivity index (χ3n) is 4.09. The Kier molecular flexibility index (Phi) is 6.45. The van der Waals surface area contributed by atoms with Crippen molar-refractivity contribution in [3.05, 3.63) is 76.7 Å². The van der Waals surface area contributed by atoms with Crippen LogP contribution >= 0.6 is 11.3 Å². The van der Waals surface area contributed by atoms with E-state index in [1.54, 1.807) is 43.5 Å². The van der Waals surface area contributed by atoms with E-state index in [0.29, 0.717) is 27.6 Å². The van der Waals surface area contributed by atoms with Crippen LogP contribution in [0.5, 0.6) is 11.5 Å². The van der Waals surface area contributed by atoms with Crippen molar-refractivity contribution in [2.45, 2.75) is 13.3 Å². The number of amides is 1. The Hall–Kier alpha value is -3.12. The maximum Gasteiger partial charge on any atom is 0.262 e. The molecule has 0 unspecified atom stereocenters. The van der Waals surface area contributed by atoms with Crippen molar-refractivity contribution in [2.24, 2.45) is 0 Å². The first kappa shape index (κ1) is 19.6. The summed E-state index contributed by atoms with van der Waals surface area (Å²) in [5.41, 5.74) is 1.03. The number of rotatable bonds is 8. The highest BCUT2D eigenvalue weighted by atomic mass is 32.1. The van der Waals surface area contributed by atoms with Gasteiger partial charge in [-0.2, -0.15) is 0 Å². The van der Waals surface area contributed by atoms with Gasteiger partial charge in [0.05, 0.1) is 12.7 Å². The third kappa shape index (κ3) is 4.78. The normalized spacial score (nSPS) is 10.4. The molecule has 6 heteroatoms. The lowest BCUT2D eigenvalue weighted by Gasteiger charge is -2.08. The van der Waals surface area contributed by atoms with Gasteiger partial charge in [-0.1, -0.05) is 25.1 Å². The van der Waals surface area contributed by atoms with Crippen molar-refractivity contribution in [2.75, 3.05) is 19.0 Å². The second-order valence-electron chi connectivity index (χ2n) is 6.02. The molecule has 2 aromatic carbocycles. The molecule has 1 N–H and O–H groups in total. The van der Waals surface area contributed by atoms with Crippen LogP contribution in [0.15, 0.2) is 60.7 Å². The summed E-state index contributed by atoms with van der Waals surface area (Å²) >= 11 is 1.41. The predicted octanol–water partition coefficient (Wildman–Crippen LogP) is 4.57. The molecule has 0 radical (unpaired) electrons. The van der Waals surface area contributed by atoms with Gasteiger partial charge in [-0.3, -0.25) is 9.59 Å². The Balaban J connectivity index is 1.74. The van der Waals surface area contributed by atoms with E-state index in [2.05, 4.69) is 5.32 Å². The first-order valence-corrected chi connectivity index (χ1v) is 9.71. The molecule has 0 saturated carbocycles. The van der Waals surface area contributed by atoms with Crippen LogP contribution in [0.3, 0.4) is 0 Å². The molecule has 0 aliphatic heterocycles. The van der Waals surface area contributed by atoms with Gasteiger partial charge in [-0.15, -0.1) is 11.3 Å². The van der Waals surface area contributed by atoms with Crippen LogP contribution < -0.4 is 14.8 Å². The van der Waals surface area contributed by atoms with Crippen molar-refractivity contribution in [3.63, 3.8) is 0 Å². The van der Waals surface area contributed by atoms with Gasteiger partial charge in [-0.25, -0.2) is 0 Å². The van der Waals surface area contributed by atoms with Crippen LogP contribution in [0.25, 0.3) is 0 Å². The lowest BCUT2D eigenvalue weighted by atomic mass is 10.0. The number of para-hydroxylation sites is 1. The SMILES string of the molecule is CCc1cc(C(=O)c2ccc(OC)cc2)c(NC(=O)COc2ccccc2)s1. The number of anilines is 1. The molecule has 1 aromatic heterocycles. The van der Waals surface area contributed by atoms with Gasteiger partial charge >= 0.3 is 0 Å². The summed E-state index contributed by atoms with van der Waals surface area (Å²) in [6.07, 6.45) is 0.782. The lowest BCUT2D eigenvalue weighted by Crippen LogP contribution is -2.20. The highest BCUT2D eigenvalue weighted by molar-refractivity contribution is 7.16. The summed E-state index contributed by atoms with van der Waals surface area (Å²) < 4.78 is 10.6. The number of ketones is 1. The Morgan fingerprint density at radius 1 is 1.00 bits per heavy atom. The van der Waals surface area contributed by atoms with Gasteiger partial charge in [0.15, 0.2) is 12.4 Å². The Bertz CT molecular complexity index is 948. The molecule has 1 heterocycles. The standard InChI is InChI=1S/C22H21NO4S/c1-3-18-13-19(21(25)15-9-11-16(26-2)12-10-15)22(28-18)23-20(24)14-27-17-7-5-4-6-8-17/h4-13H,3,14H2,1-2H3,(H,23,24). The number of hydrogen-bond acceptors (Lipinski definition) is 5. The van der Waals surface area contributed by atoms with Gasteiger partial charge < -0.3 is 14.8 Å². The van der Waals surface area contributed by atoms with Gasteiger partial charge in [0.1, 0.15) is 16.5 Å². The number of carbonyl (C=O) groups excluding carboxylic acids is 2. The molecule has 1 amide bonds. The van der Waals surface area contributed by atoms with E-state index < -0.39 is 0 Å². The fourth-order valence-corrected chi connectivity index (χ4v) is 3.61. The van der Waals surface area contributed by atoms with Crippen LogP contribution in [0.1, 0.15) is 27.7 Å². The predicted molar refractivity (Wildman–Crippen MR) is 111 cm³/mol. The highest BCUT2D eigenvalue weighted by Crippen LogP contribution is 2.31. The zero-order valence-corrected chi connectivity index (χ0v) is 16.5. The van der Waals surface area contributed by atoms with Crippen molar-refractivity contribution in [1.29, 1.82) is 0 Å². The van der Waals surface area contributed by atoms with Gasteiger partial charge in [0.25, 0.3) is 5.91 Å². The smallest absolute Gasteiger partial charge is 0.262 e. The minimum atomic E-state index is -0.308. The number of ether oxygens (including phenoxy) is 2. The average molecular weight is 395 g/mol. The van der Waals surface area contributed by atoms with Gasteiger partial charge in [0.2, 0.25) is 0 Å². The van der Waals surface area contributed by atoms with E-state index in [1.807, 2.05) is 31.2 Å². The molecule has 28 heavy (non-hydrogen) atoms. The van der Waals surface area contributed by atoms with Crippen LogP contribution in [-0.2, 0) is 11.2 Å². The third-order valence-corrected chi connectivity index (χ3v) is 5.29. The maximum absolute atomic E-state index is 12.9. The monoisotopic (exact) mass is 395 g/mol. The minimum absolute atomic E-state index is 0.125. The zero-order valence-electron chi connectivity index (χ0n) is 15.7. The van der Waals surface area contributed by atoms with E-state index in [1.165, 1.54) is 11.3 Å². The number of benzene rings is 2. The van der Waals surface area contributed by atoms with Gasteiger partial charge in [-0.05, 0) is 48.9 Å². The second-order valence-corrected chi connectivity index (χ2v) is 7.15. The molecule has 0 aliphatic carbocycles. The summed E-state index contributed by atoms with van der Waals surface area (Å²) in [6.45, 7) is 1.89. The number of thiophene rings is 1. The Morgan fingerprint density at radius 3 is 2.36 bits per heavy atom. The van der Waals surface area contributed by atoms with Crippen molar-refractivity contribution in [3.8, 4) is 11.5 Å². The first-order valence-electron chi connectivity index (χ1n) is 8.90. The Labute approximate surface area is 167 Å². The highest BCUT2D eigenvalue weighted by Gasteiger charge is 2.19. The Morgan fingerprint density at radius 2 is 1.71 bits per heavy atom. The topological polar surface area (TPSA) is 64.6 Å². The molecule has 5 nitrogen and oxygen atoms in total. The fourth-order valence-electron chi connectivity index (χ4n) is 2.60. The molecule has 0 atom stereocenters. The molecule has 0 saturated heterocycles. The lowest BCUT2D eigenvalue weighted by molar-refractivity contribution is -0.118. The molecule has 0 bridgehead atoms. The largest absolute Gasteiger partial charge is 0.497 e. The summed E-state index contributed by atoms with van der Waals surface area (Å²) in [6, 6.07) is 17.9. The summed E-state index contributed by atoms with van der Waals surface area (Å²) in [7, 11) is 1.58. The number of aryl methyl sites for hydroxylation is 1. The van der Waals surface area contributed by atoms with E-state index in [-0.39, 0.29) is 18.3 Å². The van der Waals surface area contributed by atoms with Crippen LogP contribution in [0.4, 0.5) is 5.00 Å². The van der Waals surface area contributed by atoms with Crippen LogP contribution in [0, 0.1) is 0 Å². The quantitative estimate of drug-likeness (QED) is 0.568. The number of methoxy groups -OCH3 is 1. The van der Waals surface area contributed by atoms with Crippen LogP contribution in [-0.4, -0.2) is 25.4 Å². The zero-order chi connectivity index (χ0) is 19.9. The molecule has 3 rings (SSSR count). The molecule has 0 aliphatic rings. The van der Waals surface area contributed by atoms with E-state index in [0.717, 1.165) is 11.3 Å². The van der Waals surface area contributed by atoms with E-state index in [4.69, 9.17) is 9.47 Å². The average Bonchev–Trinajstić information content (AvgIpc) is 3.15. The van der Waals surface area contributed by atoms with E-state index in [9.17, 15) is 9.59 Å². The summed E-state index contributed by atoms with van der Waals surface area (Å²) in [4.78, 5) is 26.3. The number of nitrogens with one attached hydrogen (secondary N) is 1. The van der Waals surface area contributed by atoms with Crippen molar-refractivity contribution < 1.29 is 19.1 Å². The molecule has 0 fully saturated rings. The molecule has 0 spiro atoms. The van der Waals surface area contributed by atoms with E-state index >= 15 is 0 Å². The fraction of sp³-hybridized carbons (Fsp3) is 0.182. The van der Waals surface area contributed by atoms with Crippen LogP contribution in [0.2, 0.25) is 0 Å². The number of hydrogen-bond donors (Lipinski definition) is 1. The first-order chi connectivity index (χ1) is 13.6. The summed E-state index contributed by atoms with van der Waals surface area (Å²) in [5, 5.41) is 3.36.